The van der Waals surface area contributed by atoms with Gasteiger partial charge in [-0.2, -0.15) is 0 Å². The summed E-state index contributed by atoms with van der Waals surface area (Å²) >= 11 is 5.90. The molecule has 0 aromatic heterocycles. The fraction of sp³-hybridized carbons (Fsp3) is 0.350. The van der Waals surface area contributed by atoms with Gasteiger partial charge in [-0.05, 0) is 42.7 Å². The molecule has 2 aromatic rings. The number of nitrogens with one attached hydrogen (secondary N) is 2. The molecule has 0 radical (unpaired) electrons. The van der Waals surface area contributed by atoms with Crippen molar-refractivity contribution >= 4 is 51.4 Å². The predicted molar refractivity (Wildman–Crippen MR) is 128 cm³/mol. The van der Waals surface area contributed by atoms with E-state index in [2.05, 4.69) is 15.6 Å². The molecular formula is C20H27ClIN3O2S. The van der Waals surface area contributed by atoms with Crippen molar-refractivity contribution in [1.29, 1.82) is 0 Å². The third-order valence-electron chi connectivity index (χ3n) is 4.20. The third-order valence-corrected chi connectivity index (χ3v) is 6.28. The molecule has 0 spiro atoms. The summed E-state index contributed by atoms with van der Waals surface area (Å²) in [4.78, 5) is 4.55. The van der Waals surface area contributed by atoms with E-state index in [1.165, 1.54) is 5.56 Å². The van der Waals surface area contributed by atoms with E-state index in [0.29, 0.717) is 23.8 Å². The van der Waals surface area contributed by atoms with Crippen molar-refractivity contribution in [1.82, 2.24) is 10.6 Å². The maximum Gasteiger partial charge on any atom is 0.191 e. The summed E-state index contributed by atoms with van der Waals surface area (Å²) < 4.78 is 25.2. The molecule has 2 aromatic carbocycles. The fourth-order valence-electron chi connectivity index (χ4n) is 2.61. The zero-order valence-corrected chi connectivity index (χ0v) is 20.0. The lowest BCUT2D eigenvalue weighted by Gasteiger charge is -2.20. The number of guanidine groups is 1. The highest BCUT2D eigenvalue weighted by atomic mass is 127. The van der Waals surface area contributed by atoms with E-state index in [1.54, 1.807) is 37.4 Å². The van der Waals surface area contributed by atoms with E-state index >= 15 is 0 Å². The van der Waals surface area contributed by atoms with E-state index in [-0.39, 0.29) is 35.8 Å². The van der Waals surface area contributed by atoms with E-state index in [4.69, 9.17) is 11.6 Å². The molecule has 5 nitrogen and oxygen atoms in total. The lowest BCUT2D eigenvalue weighted by molar-refractivity contribution is 0.569. The van der Waals surface area contributed by atoms with Gasteiger partial charge in [0.05, 0.1) is 10.6 Å². The van der Waals surface area contributed by atoms with Gasteiger partial charge >= 0.3 is 0 Å². The first kappa shape index (κ1) is 24.7. The Kier molecular flexibility index (Phi) is 10.8. The number of hydrogen-bond donors (Lipinski definition) is 2. The smallest absolute Gasteiger partial charge is 0.191 e. The molecule has 0 heterocycles. The van der Waals surface area contributed by atoms with Crippen LogP contribution in [0, 0.1) is 0 Å². The van der Waals surface area contributed by atoms with Gasteiger partial charge in [0.15, 0.2) is 15.8 Å². The van der Waals surface area contributed by atoms with Crippen molar-refractivity contribution in [3.8, 4) is 0 Å². The first-order chi connectivity index (χ1) is 12.9. The third kappa shape index (κ3) is 7.97. The predicted octanol–water partition coefficient (Wildman–Crippen LogP) is 3.92. The summed E-state index contributed by atoms with van der Waals surface area (Å²) in [5.74, 6) is 0.616. The summed E-state index contributed by atoms with van der Waals surface area (Å²) in [5, 5.41) is 7.16. The average Bonchev–Trinajstić information content (AvgIpc) is 2.68. The van der Waals surface area contributed by atoms with Gasteiger partial charge in [-0.25, -0.2) is 8.42 Å². The molecule has 0 bridgehead atoms. The van der Waals surface area contributed by atoms with Crippen molar-refractivity contribution in [3.05, 3.63) is 65.2 Å². The molecule has 0 aliphatic carbocycles. The molecule has 0 aliphatic heterocycles. The number of aliphatic imine (C=N–C) groups is 1. The van der Waals surface area contributed by atoms with Gasteiger partial charge < -0.3 is 10.6 Å². The largest absolute Gasteiger partial charge is 0.356 e. The second-order valence-electron chi connectivity index (χ2n) is 6.22. The molecule has 0 saturated heterocycles. The topological polar surface area (TPSA) is 70.6 Å². The van der Waals surface area contributed by atoms with Crippen molar-refractivity contribution in [2.24, 2.45) is 4.99 Å². The molecule has 1 unspecified atom stereocenters. The molecule has 2 rings (SSSR count). The van der Waals surface area contributed by atoms with Crippen LogP contribution in [0.3, 0.4) is 0 Å². The molecule has 28 heavy (non-hydrogen) atoms. The molecule has 0 fully saturated rings. The Bertz CT molecular complexity index is 844. The van der Waals surface area contributed by atoms with E-state index in [9.17, 15) is 8.42 Å². The minimum atomic E-state index is -3.35. The Morgan fingerprint density at radius 3 is 2.32 bits per heavy atom. The summed E-state index contributed by atoms with van der Waals surface area (Å²) in [6, 6.07) is 16.0. The second-order valence-corrected chi connectivity index (χ2v) is 8.69. The second kappa shape index (κ2) is 12.3. The maximum atomic E-state index is 12.6. The first-order valence-corrected chi connectivity index (χ1v) is 11.0. The van der Waals surface area contributed by atoms with Gasteiger partial charge in [0, 0.05) is 24.7 Å². The van der Waals surface area contributed by atoms with Gasteiger partial charge in [-0.15, -0.1) is 24.0 Å². The molecule has 1 atom stereocenters. The van der Waals surface area contributed by atoms with Crippen LogP contribution in [0.15, 0.2) is 64.5 Å². The number of rotatable bonds is 8. The van der Waals surface area contributed by atoms with Crippen LogP contribution in [-0.4, -0.2) is 39.8 Å². The van der Waals surface area contributed by atoms with Crippen LogP contribution in [0.4, 0.5) is 0 Å². The molecule has 154 valence electrons. The Morgan fingerprint density at radius 1 is 1.11 bits per heavy atom. The number of hydrogen-bond acceptors (Lipinski definition) is 3. The Balaban J connectivity index is 0.00000392. The van der Waals surface area contributed by atoms with Gasteiger partial charge in [-0.1, -0.05) is 48.9 Å². The monoisotopic (exact) mass is 535 g/mol. The van der Waals surface area contributed by atoms with Gasteiger partial charge in [0.2, 0.25) is 0 Å². The Morgan fingerprint density at radius 2 is 1.75 bits per heavy atom. The summed E-state index contributed by atoms with van der Waals surface area (Å²) in [5.41, 5.74) is 1.17. The van der Waals surface area contributed by atoms with Gasteiger partial charge in [0.25, 0.3) is 0 Å². The molecule has 2 N–H and O–H groups in total. The standard InChI is InChI=1S/C20H26ClN3O2S.HI/c1-3-18(15-27(25,26)19-7-5-4-6-8-19)24-20(22-2)23-14-13-16-9-11-17(21)12-10-16;/h4-12,18H,3,13-15H2,1-2H3,(H2,22,23,24);1H. The zero-order chi connectivity index (χ0) is 19.7. The minimum absolute atomic E-state index is 0. The Labute approximate surface area is 189 Å². The van der Waals surface area contributed by atoms with Crippen molar-refractivity contribution in [3.63, 3.8) is 0 Å². The average molecular weight is 536 g/mol. The Hall–Kier alpha value is -1.32. The molecule has 0 amide bonds. The van der Waals surface area contributed by atoms with Crippen LogP contribution in [0.25, 0.3) is 0 Å². The number of sulfone groups is 1. The summed E-state index contributed by atoms with van der Waals surface area (Å²) in [6.45, 7) is 2.64. The number of benzene rings is 2. The lowest BCUT2D eigenvalue weighted by Crippen LogP contribution is -2.46. The molecule has 0 saturated carbocycles. The summed E-state index contributed by atoms with van der Waals surface area (Å²) in [7, 11) is -1.67. The maximum absolute atomic E-state index is 12.6. The number of halogens is 2. The van der Waals surface area contributed by atoms with Crippen LogP contribution in [0.5, 0.6) is 0 Å². The lowest BCUT2D eigenvalue weighted by atomic mass is 10.1. The van der Waals surface area contributed by atoms with Crippen molar-refractivity contribution < 1.29 is 8.42 Å². The fourth-order valence-corrected chi connectivity index (χ4v) is 4.35. The number of nitrogens with zero attached hydrogens (tertiary/aromatic N) is 1. The highest BCUT2D eigenvalue weighted by Gasteiger charge is 2.20. The van der Waals surface area contributed by atoms with Crippen LogP contribution in [0.1, 0.15) is 18.9 Å². The first-order valence-electron chi connectivity index (χ1n) is 8.94. The van der Waals surface area contributed by atoms with E-state index in [1.807, 2.05) is 31.2 Å². The molecule has 8 heteroatoms. The van der Waals surface area contributed by atoms with E-state index < -0.39 is 9.84 Å². The zero-order valence-electron chi connectivity index (χ0n) is 16.1. The van der Waals surface area contributed by atoms with Crippen LogP contribution >= 0.6 is 35.6 Å². The minimum Gasteiger partial charge on any atom is -0.356 e. The molecular weight excluding hydrogens is 509 g/mol. The van der Waals surface area contributed by atoms with Crippen LogP contribution in [0.2, 0.25) is 5.02 Å². The highest BCUT2D eigenvalue weighted by molar-refractivity contribution is 14.0. The van der Waals surface area contributed by atoms with Crippen LogP contribution < -0.4 is 10.6 Å². The summed E-state index contributed by atoms with van der Waals surface area (Å²) in [6.07, 6.45) is 1.49. The van der Waals surface area contributed by atoms with Gasteiger partial charge in [0.1, 0.15) is 0 Å². The van der Waals surface area contributed by atoms with E-state index in [0.717, 1.165) is 11.4 Å². The van der Waals surface area contributed by atoms with Crippen molar-refractivity contribution in [2.75, 3.05) is 19.3 Å². The SMILES string of the molecule is CCC(CS(=O)(=O)c1ccccc1)NC(=NC)NCCc1ccc(Cl)cc1.I. The van der Waals surface area contributed by atoms with Crippen molar-refractivity contribution in [2.45, 2.75) is 30.7 Å². The normalized spacial score (nSPS) is 12.8. The van der Waals surface area contributed by atoms with Crippen LogP contribution in [-0.2, 0) is 16.3 Å². The quantitative estimate of drug-likeness (QED) is 0.305. The van der Waals surface area contributed by atoms with Gasteiger partial charge in [-0.3, -0.25) is 4.99 Å². The highest BCUT2D eigenvalue weighted by Crippen LogP contribution is 2.12. The molecule has 0 aliphatic rings.